The highest BCUT2D eigenvalue weighted by Crippen LogP contribution is 2.14. The molecule has 2 N–H and O–H groups in total. The summed E-state index contributed by atoms with van der Waals surface area (Å²) >= 11 is 5.86. The quantitative estimate of drug-likeness (QED) is 0.800. The van der Waals surface area contributed by atoms with Crippen molar-refractivity contribution in [3.05, 3.63) is 59.1 Å². The van der Waals surface area contributed by atoms with Crippen molar-refractivity contribution in [1.82, 2.24) is 0 Å². The van der Waals surface area contributed by atoms with E-state index < -0.39 is 0 Å². The minimum Gasteiger partial charge on any atom is -0.333 e. The fourth-order valence-corrected chi connectivity index (χ4v) is 2.04. The lowest BCUT2D eigenvalue weighted by Crippen LogP contribution is -2.19. The van der Waals surface area contributed by atoms with Crippen molar-refractivity contribution in [3.8, 4) is 0 Å². The summed E-state index contributed by atoms with van der Waals surface area (Å²) in [6, 6.07) is 15.8. The standard InChI is InChI=1S/C15H15ClN2S/c1-11-3-7-13(8-4-11)17-15(19-2)18-14-9-5-12(16)6-10-14/h3-10,17-18H,2H2,1H3. The van der Waals surface area contributed by atoms with Gasteiger partial charge in [0.25, 0.3) is 0 Å². The molecule has 19 heavy (non-hydrogen) atoms. The molecular formula is C15H15ClN2S. The molecule has 0 heterocycles. The van der Waals surface area contributed by atoms with Crippen LogP contribution in [0.15, 0.2) is 48.5 Å². The Morgan fingerprint density at radius 1 is 0.947 bits per heavy atom. The van der Waals surface area contributed by atoms with Crippen LogP contribution in [0.1, 0.15) is 5.56 Å². The maximum Gasteiger partial charge on any atom is 0.164 e. The zero-order chi connectivity index (χ0) is 13.7. The van der Waals surface area contributed by atoms with E-state index in [1.807, 2.05) is 36.4 Å². The summed E-state index contributed by atoms with van der Waals surface area (Å²) in [5.74, 6) is 3.84. The number of hydrogen-bond acceptors (Lipinski definition) is 0. The zero-order valence-electron chi connectivity index (χ0n) is 10.6. The van der Waals surface area contributed by atoms with Crippen molar-refractivity contribution in [2.75, 3.05) is 10.6 Å². The Labute approximate surface area is 122 Å². The van der Waals surface area contributed by atoms with Gasteiger partial charge in [0.2, 0.25) is 0 Å². The second-order valence-corrected chi connectivity index (χ2v) is 5.23. The highest BCUT2D eigenvalue weighted by Gasteiger charge is 1.99. The molecular weight excluding hydrogens is 276 g/mol. The third kappa shape index (κ3) is 4.16. The van der Waals surface area contributed by atoms with Crippen molar-refractivity contribution in [2.24, 2.45) is 0 Å². The van der Waals surface area contributed by atoms with E-state index in [4.69, 9.17) is 11.6 Å². The van der Waals surface area contributed by atoms with Gasteiger partial charge in [0.15, 0.2) is 5.11 Å². The Morgan fingerprint density at radius 2 is 1.42 bits per heavy atom. The molecule has 98 valence electrons. The van der Waals surface area contributed by atoms with Crippen molar-refractivity contribution < 1.29 is 0 Å². The fourth-order valence-electron chi connectivity index (χ4n) is 1.54. The number of hydrogen-bond donors (Lipinski definition) is 2. The maximum atomic E-state index is 5.86. The van der Waals surface area contributed by atoms with Gasteiger partial charge in [0, 0.05) is 16.4 Å². The summed E-state index contributed by atoms with van der Waals surface area (Å²) in [7, 11) is 1.38. The van der Waals surface area contributed by atoms with Crippen LogP contribution in [0.3, 0.4) is 0 Å². The van der Waals surface area contributed by atoms with Crippen LogP contribution >= 0.6 is 22.5 Å². The van der Waals surface area contributed by atoms with Gasteiger partial charge in [-0.2, -0.15) is 0 Å². The number of aryl methyl sites for hydroxylation is 1. The number of halogens is 1. The minimum atomic E-state index is 0.723. The molecule has 0 spiro atoms. The second-order valence-electron chi connectivity index (χ2n) is 4.10. The van der Waals surface area contributed by atoms with Gasteiger partial charge in [-0.3, -0.25) is 0 Å². The average molecular weight is 291 g/mol. The topological polar surface area (TPSA) is 24.1 Å². The van der Waals surface area contributed by atoms with Crippen molar-refractivity contribution in [3.63, 3.8) is 0 Å². The molecule has 0 bridgehead atoms. The Balaban J connectivity index is 2.07. The third-order valence-electron chi connectivity index (χ3n) is 2.56. The molecule has 0 aliphatic carbocycles. The van der Waals surface area contributed by atoms with E-state index in [2.05, 4.69) is 35.6 Å². The van der Waals surface area contributed by atoms with Crippen molar-refractivity contribution >= 4 is 44.9 Å². The molecule has 0 amide bonds. The van der Waals surface area contributed by atoms with Gasteiger partial charge in [-0.15, -0.1) is 10.9 Å². The van der Waals surface area contributed by atoms with Crippen molar-refractivity contribution in [1.29, 1.82) is 0 Å². The Kier molecular flexibility index (Phi) is 4.66. The molecule has 0 aromatic heterocycles. The molecule has 2 aromatic rings. The summed E-state index contributed by atoms with van der Waals surface area (Å²) in [6.07, 6.45) is 0. The lowest BCUT2D eigenvalue weighted by molar-refractivity contribution is 1.47. The van der Waals surface area contributed by atoms with E-state index in [1.165, 1.54) is 16.5 Å². The Morgan fingerprint density at radius 3 is 1.89 bits per heavy atom. The molecule has 2 rings (SSSR count). The van der Waals surface area contributed by atoms with Crippen LogP contribution < -0.4 is 10.6 Å². The summed E-state index contributed by atoms with van der Waals surface area (Å²) in [5, 5.41) is 8.15. The normalized spacial score (nSPS) is 9.79. The van der Waals surface area contributed by atoms with Crippen LogP contribution in [0, 0.1) is 6.92 Å². The van der Waals surface area contributed by atoms with E-state index in [0.717, 1.165) is 21.5 Å². The Bertz CT molecular complexity index is 550. The number of nitrogens with one attached hydrogen (secondary N) is 2. The van der Waals surface area contributed by atoms with Gasteiger partial charge in [-0.05, 0) is 49.2 Å². The molecule has 0 unspecified atom stereocenters. The first-order valence-corrected chi connectivity index (χ1v) is 7.19. The van der Waals surface area contributed by atoms with Crippen LogP contribution in [0.25, 0.3) is 0 Å². The third-order valence-corrected chi connectivity index (χ3v) is 3.30. The Hall–Kier alpha value is -1.71. The van der Waals surface area contributed by atoms with Crippen LogP contribution in [0.5, 0.6) is 0 Å². The first-order chi connectivity index (χ1) is 9.17. The predicted octanol–water partition coefficient (Wildman–Crippen LogP) is 4.43. The fraction of sp³-hybridized carbons (Fsp3) is 0.0667. The maximum absolute atomic E-state index is 5.86. The molecule has 2 aromatic carbocycles. The SMILES string of the molecule is C=S=C(Nc1ccc(C)cc1)Nc1ccc(Cl)cc1. The number of rotatable bonds is 2. The smallest absolute Gasteiger partial charge is 0.164 e. The lowest BCUT2D eigenvalue weighted by atomic mass is 10.2. The molecule has 0 saturated carbocycles. The molecule has 2 nitrogen and oxygen atoms in total. The molecule has 0 saturated heterocycles. The van der Waals surface area contributed by atoms with Gasteiger partial charge in [-0.25, -0.2) is 0 Å². The molecule has 0 aliphatic rings. The second kappa shape index (κ2) is 6.45. The molecule has 0 aliphatic heterocycles. The first-order valence-electron chi connectivity index (χ1n) is 5.82. The minimum absolute atomic E-state index is 0.723. The van der Waals surface area contributed by atoms with Crippen LogP contribution in [0.2, 0.25) is 5.02 Å². The summed E-state index contributed by atoms with van der Waals surface area (Å²) in [4.78, 5) is 0. The number of benzene rings is 2. The summed E-state index contributed by atoms with van der Waals surface area (Å²) in [6.45, 7) is 2.07. The molecule has 4 heteroatoms. The van der Waals surface area contributed by atoms with E-state index in [0.29, 0.717) is 0 Å². The van der Waals surface area contributed by atoms with Crippen LogP contribution in [-0.2, 0) is 0 Å². The van der Waals surface area contributed by atoms with Crippen LogP contribution in [0.4, 0.5) is 11.4 Å². The van der Waals surface area contributed by atoms with Gasteiger partial charge in [0.1, 0.15) is 0 Å². The highest BCUT2D eigenvalue weighted by atomic mass is 35.5. The van der Waals surface area contributed by atoms with Gasteiger partial charge in [0.05, 0.1) is 0 Å². The van der Waals surface area contributed by atoms with Gasteiger partial charge in [-0.1, -0.05) is 29.3 Å². The highest BCUT2D eigenvalue weighted by molar-refractivity contribution is 7.96. The predicted molar refractivity (Wildman–Crippen MR) is 89.6 cm³/mol. The van der Waals surface area contributed by atoms with E-state index in [-0.39, 0.29) is 0 Å². The van der Waals surface area contributed by atoms with E-state index >= 15 is 0 Å². The molecule has 0 radical (unpaired) electrons. The van der Waals surface area contributed by atoms with E-state index in [1.54, 1.807) is 0 Å². The largest absolute Gasteiger partial charge is 0.333 e. The van der Waals surface area contributed by atoms with Crippen molar-refractivity contribution in [2.45, 2.75) is 6.92 Å². The number of anilines is 2. The summed E-state index contributed by atoms with van der Waals surface area (Å²) < 4.78 is 0. The van der Waals surface area contributed by atoms with Crippen LogP contribution in [-0.4, -0.2) is 11.0 Å². The lowest BCUT2D eigenvalue weighted by Gasteiger charge is -2.11. The monoisotopic (exact) mass is 290 g/mol. The van der Waals surface area contributed by atoms with E-state index in [9.17, 15) is 0 Å². The first kappa shape index (κ1) is 13.7. The molecule has 0 fully saturated rings. The average Bonchev–Trinajstić information content (AvgIpc) is 2.43. The molecule has 0 atom stereocenters. The van der Waals surface area contributed by atoms with Gasteiger partial charge >= 0.3 is 0 Å². The summed E-state index contributed by atoms with van der Waals surface area (Å²) in [5.41, 5.74) is 3.23. The zero-order valence-corrected chi connectivity index (χ0v) is 12.2. The van der Waals surface area contributed by atoms with Gasteiger partial charge < -0.3 is 10.6 Å².